The van der Waals surface area contributed by atoms with Crippen LogP contribution in [-0.4, -0.2) is 44.2 Å². The van der Waals surface area contributed by atoms with Gasteiger partial charge in [-0.2, -0.15) is 4.31 Å². The van der Waals surface area contributed by atoms with Gasteiger partial charge in [0.15, 0.2) is 0 Å². The Morgan fingerprint density at radius 1 is 0.970 bits per heavy atom. The number of hydrogen-bond donors (Lipinski definition) is 1. The van der Waals surface area contributed by atoms with Crippen LogP contribution in [0.4, 0.5) is 11.4 Å². The van der Waals surface area contributed by atoms with Gasteiger partial charge in [0.2, 0.25) is 21.8 Å². The molecule has 0 aromatic heterocycles. The van der Waals surface area contributed by atoms with Crippen molar-refractivity contribution >= 4 is 44.8 Å². The van der Waals surface area contributed by atoms with Crippen molar-refractivity contribution in [2.75, 3.05) is 29.9 Å². The van der Waals surface area contributed by atoms with E-state index in [1.54, 1.807) is 46.8 Å². The van der Waals surface area contributed by atoms with E-state index in [1.165, 1.54) is 4.90 Å². The minimum Gasteiger partial charge on any atom is -0.324 e. The van der Waals surface area contributed by atoms with E-state index < -0.39 is 10.0 Å². The second kappa shape index (κ2) is 10.2. The summed E-state index contributed by atoms with van der Waals surface area (Å²) in [6.45, 7) is 0.915. The average Bonchev–Trinajstić information content (AvgIpc) is 3.14. The van der Waals surface area contributed by atoms with Crippen molar-refractivity contribution in [2.24, 2.45) is 0 Å². The predicted molar refractivity (Wildman–Crippen MR) is 129 cm³/mol. The van der Waals surface area contributed by atoms with Gasteiger partial charge in [0, 0.05) is 35.9 Å². The van der Waals surface area contributed by atoms with Crippen molar-refractivity contribution in [3.05, 3.63) is 53.1 Å². The molecular weight excluding hydrogens is 462 g/mol. The number of rotatable bonds is 5. The van der Waals surface area contributed by atoms with Crippen molar-refractivity contribution in [1.29, 1.82) is 0 Å². The Morgan fingerprint density at radius 3 is 2.45 bits per heavy atom. The van der Waals surface area contributed by atoms with E-state index in [-0.39, 0.29) is 23.3 Å². The monoisotopic (exact) mass is 489 g/mol. The molecule has 7 nitrogen and oxygen atoms in total. The van der Waals surface area contributed by atoms with Gasteiger partial charge in [-0.1, -0.05) is 30.5 Å². The lowest BCUT2D eigenvalue weighted by Gasteiger charge is -2.24. The number of nitrogens with one attached hydrogen (secondary N) is 1. The van der Waals surface area contributed by atoms with Gasteiger partial charge < -0.3 is 10.2 Å². The van der Waals surface area contributed by atoms with Crippen molar-refractivity contribution in [2.45, 2.75) is 49.8 Å². The number of benzene rings is 2. The van der Waals surface area contributed by atoms with E-state index in [4.69, 9.17) is 11.6 Å². The summed E-state index contributed by atoms with van der Waals surface area (Å²) in [4.78, 5) is 27.2. The Morgan fingerprint density at radius 2 is 1.73 bits per heavy atom. The zero-order chi connectivity index (χ0) is 23.4. The third kappa shape index (κ3) is 5.57. The van der Waals surface area contributed by atoms with E-state index in [0.29, 0.717) is 48.7 Å². The molecule has 2 aliphatic rings. The Hall–Kier alpha value is -2.42. The van der Waals surface area contributed by atoms with Crippen LogP contribution < -0.4 is 10.2 Å². The fourth-order valence-electron chi connectivity index (χ4n) is 4.40. The summed E-state index contributed by atoms with van der Waals surface area (Å²) >= 11 is 5.98. The number of carbonyl (C=O) groups is 2. The highest BCUT2D eigenvalue weighted by Crippen LogP contribution is 2.31. The number of amides is 2. The molecule has 9 heteroatoms. The number of halogens is 1. The maximum Gasteiger partial charge on any atom is 0.244 e. The molecule has 4 rings (SSSR count). The molecule has 176 valence electrons. The molecule has 1 fully saturated rings. The number of sulfonamides is 1. The second-order valence-corrected chi connectivity index (χ2v) is 10.9. The summed E-state index contributed by atoms with van der Waals surface area (Å²) in [5.41, 5.74) is 1.91. The lowest BCUT2D eigenvalue weighted by atomic mass is 10.1. The first kappa shape index (κ1) is 23.7. The maximum absolute atomic E-state index is 13.2. The molecule has 0 unspecified atom stereocenters. The Kier molecular flexibility index (Phi) is 7.36. The third-order valence-electron chi connectivity index (χ3n) is 6.09. The van der Waals surface area contributed by atoms with E-state index in [2.05, 4.69) is 5.32 Å². The zero-order valence-corrected chi connectivity index (χ0v) is 20.0. The number of hydrogen-bond acceptors (Lipinski definition) is 4. The molecule has 2 aliphatic heterocycles. The van der Waals surface area contributed by atoms with Gasteiger partial charge in [-0.05, 0) is 67.6 Å². The first-order chi connectivity index (χ1) is 15.8. The molecule has 2 amide bonds. The summed E-state index contributed by atoms with van der Waals surface area (Å²) in [6.07, 6.45) is 5.31. The van der Waals surface area contributed by atoms with Crippen LogP contribution in [0.3, 0.4) is 0 Å². The van der Waals surface area contributed by atoms with Crippen molar-refractivity contribution < 1.29 is 18.0 Å². The van der Waals surface area contributed by atoms with Crippen molar-refractivity contribution in [3.63, 3.8) is 0 Å². The molecule has 0 spiro atoms. The van der Waals surface area contributed by atoms with E-state index >= 15 is 0 Å². The molecule has 1 saturated heterocycles. The first-order valence-electron chi connectivity index (χ1n) is 11.3. The fourth-order valence-corrected chi connectivity index (χ4v) is 6.16. The van der Waals surface area contributed by atoms with Crippen LogP contribution in [0.15, 0.2) is 47.4 Å². The third-order valence-corrected chi connectivity index (χ3v) is 8.22. The highest BCUT2D eigenvalue weighted by molar-refractivity contribution is 7.89. The molecule has 0 atom stereocenters. The van der Waals surface area contributed by atoms with Crippen LogP contribution in [0.25, 0.3) is 0 Å². The van der Waals surface area contributed by atoms with Gasteiger partial charge in [0.05, 0.1) is 4.90 Å². The van der Waals surface area contributed by atoms with Gasteiger partial charge in [-0.15, -0.1) is 0 Å². The minimum absolute atomic E-state index is 0.155. The molecule has 0 saturated carbocycles. The normalized spacial score (nSPS) is 17.7. The highest BCUT2D eigenvalue weighted by atomic mass is 35.5. The molecular formula is C24H28ClN3O4S. The number of aryl methyl sites for hydroxylation is 1. The standard InChI is InChI=1S/C24H28ClN3O4S/c25-19-8-6-9-20(16-19)26-23(29)17-28-22-12-11-21(15-18(22)7-5-10-24(28)30)33(31,32)27-13-3-1-2-4-14-27/h6,8-9,11-12,15-16H,1-5,7,10,13-14,17H2,(H,26,29). The Labute approximate surface area is 199 Å². The molecule has 0 radical (unpaired) electrons. The maximum atomic E-state index is 13.2. The average molecular weight is 490 g/mol. The number of nitrogens with zero attached hydrogens (tertiary/aromatic N) is 2. The van der Waals surface area contributed by atoms with Gasteiger partial charge in [-0.3, -0.25) is 9.59 Å². The molecule has 2 aromatic carbocycles. The van der Waals surface area contributed by atoms with Gasteiger partial charge in [0.1, 0.15) is 6.54 Å². The summed E-state index contributed by atoms with van der Waals surface area (Å²) in [5.74, 6) is -0.502. The van der Waals surface area contributed by atoms with Crippen molar-refractivity contribution in [3.8, 4) is 0 Å². The van der Waals surface area contributed by atoms with Crippen LogP contribution in [0.2, 0.25) is 5.02 Å². The van der Waals surface area contributed by atoms with Gasteiger partial charge >= 0.3 is 0 Å². The molecule has 2 heterocycles. The number of anilines is 2. The molecule has 2 aromatic rings. The molecule has 1 N–H and O–H groups in total. The van der Waals surface area contributed by atoms with Gasteiger partial charge in [-0.25, -0.2) is 8.42 Å². The number of fused-ring (bicyclic) bond motifs is 1. The quantitative estimate of drug-likeness (QED) is 0.681. The molecule has 33 heavy (non-hydrogen) atoms. The Bertz CT molecular complexity index is 1140. The molecule has 0 aliphatic carbocycles. The SMILES string of the molecule is O=C(CN1C(=O)CCCc2cc(S(=O)(=O)N3CCCCCC3)ccc21)Nc1cccc(Cl)c1. The van der Waals surface area contributed by atoms with E-state index in [0.717, 1.165) is 31.2 Å². The highest BCUT2D eigenvalue weighted by Gasteiger charge is 2.29. The lowest BCUT2D eigenvalue weighted by molar-refractivity contribution is -0.121. The van der Waals surface area contributed by atoms with Crippen LogP contribution >= 0.6 is 11.6 Å². The largest absolute Gasteiger partial charge is 0.324 e. The van der Waals surface area contributed by atoms with Gasteiger partial charge in [0.25, 0.3) is 0 Å². The first-order valence-corrected chi connectivity index (χ1v) is 13.2. The fraction of sp³-hybridized carbons (Fsp3) is 0.417. The van der Waals surface area contributed by atoms with Crippen LogP contribution in [-0.2, 0) is 26.0 Å². The van der Waals surface area contributed by atoms with E-state index in [1.807, 2.05) is 0 Å². The minimum atomic E-state index is -3.59. The summed E-state index contributed by atoms with van der Waals surface area (Å²) in [5, 5.41) is 3.27. The van der Waals surface area contributed by atoms with Crippen LogP contribution in [0, 0.1) is 0 Å². The Balaban J connectivity index is 1.57. The summed E-state index contributed by atoms with van der Waals surface area (Å²) in [7, 11) is -3.59. The smallest absolute Gasteiger partial charge is 0.244 e. The molecule has 0 bridgehead atoms. The van der Waals surface area contributed by atoms with Crippen LogP contribution in [0.5, 0.6) is 0 Å². The predicted octanol–water partition coefficient (Wildman–Crippen LogP) is 4.21. The summed E-state index contributed by atoms with van der Waals surface area (Å²) < 4.78 is 28.0. The van der Waals surface area contributed by atoms with Crippen molar-refractivity contribution in [1.82, 2.24) is 4.31 Å². The zero-order valence-electron chi connectivity index (χ0n) is 18.4. The lowest BCUT2D eigenvalue weighted by Crippen LogP contribution is -2.38. The number of carbonyl (C=O) groups excluding carboxylic acids is 2. The topological polar surface area (TPSA) is 86.8 Å². The van der Waals surface area contributed by atoms with E-state index in [9.17, 15) is 18.0 Å². The summed E-state index contributed by atoms with van der Waals surface area (Å²) in [6, 6.07) is 11.7. The van der Waals surface area contributed by atoms with Crippen LogP contribution in [0.1, 0.15) is 44.1 Å². The second-order valence-electron chi connectivity index (χ2n) is 8.50.